The zero-order valence-corrected chi connectivity index (χ0v) is 11.2. The Bertz CT molecular complexity index is 533. The Morgan fingerprint density at radius 1 is 1.33 bits per heavy atom. The first-order chi connectivity index (χ1) is 8.63. The molecule has 0 bridgehead atoms. The quantitative estimate of drug-likeness (QED) is 0.440. The van der Waals surface area contributed by atoms with E-state index in [-0.39, 0.29) is 5.78 Å². The van der Waals surface area contributed by atoms with Gasteiger partial charge in [0.1, 0.15) is 0 Å². The van der Waals surface area contributed by atoms with Crippen molar-refractivity contribution in [3.05, 3.63) is 53.6 Å². The lowest BCUT2D eigenvalue weighted by molar-refractivity contribution is -0.114. The zero-order chi connectivity index (χ0) is 13.5. The van der Waals surface area contributed by atoms with Crippen molar-refractivity contribution in [2.75, 3.05) is 0 Å². The topological polar surface area (TPSA) is 17.1 Å². The molecule has 0 atom stereocenters. The van der Waals surface area contributed by atoms with Gasteiger partial charge < -0.3 is 0 Å². The summed E-state index contributed by atoms with van der Waals surface area (Å²) in [5.41, 5.74) is 3.68. The van der Waals surface area contributed by atoms with Crippen LogP contribution < -0.4 is 0 Å². The van der Waals surface area contributed by atoms with Gasteiger partial charge in [-0.2, -0.15) is 0 Å². The highest BCUT2D eigenvalue weighted by atomic mass is 16.1. The van der Waals surface area contributed by atoms with Gasteiger partial charge in [-0.1, -0.05) is 37.6 Å². The van der Waals surface area contributed by atoms with E-state index >= 15 is 0 Å². The first-order valence-electron chi connectivity index (χ1n) is 6.03. The molecular formula is C17H18O. The lowest BCUT2D eigenvalue weighted by atomic mass is 9.97. The highest BCUT2D eigenvalue weighted by Gasteiger charge is 2.08. The van der Waals surface area contributed by atoms with Gasteiger partial charge in [0, 0.05) is 17.6 Å². The summed E-state index contributed by atoms with van der Waals surface area (Å²) in [4.78, 5) is 11.8. The predicted molar refractivity (Wildman–Crippen MR) is 77.1 cm³/mol. The van der Waals surface area contributed by atoms with Crippen molar-refractivity contribution in [3.8, 4) is 11.8 Å². The molecule has 0 aliphatic heterocycles. The third kappa shape index (κ3) is 3.21. The van der Waals surface area contributed by atoms with Gasteiger partial charge in [0.05, 0.1) is 0 Å². The zero-order valence-electron chi connectivity index (χ0n) is 11.2. The summed E-state index contributed by atoms with van der Waals surface area (Å²) in [6, 6.07) is 7.90. The third-order valence-electron chi connectivity index (χ3n) is 2.82. The molecule has 0 N–H and O–H groups in total. The Morgan fingerprint density at radius 3 is 2.39 bits per heavy atom. The molecule has 1 nitrogen and oxygen atoms in total. The Hall–Kier alpha value is -2.07. The number of rotatable bonds is 4. The fraction of sp³-hybridized carbons (Fsp3) is 0.235. The van der Waals surface area contributed by atoms with Crippen LogP contribution in [0.5, 0.6) is 0 Å². The standard InChI is InChI=1S/C17H18O/c1-5-8-14-9-11-15(12-10-14)13(4)16(6-2)17(18)7-3/h6,9-12H,2,7H2,1,3-4H3/b16-13-. The van der Waals surface area contributed by atoms with Crippen molar-refractivity contribution in [1.29, 1.82) is 0 Å². The van der Waals surface area contributed by atoms with Crippen LogP contribution >= 0.6 is 0 Å². The van der Waals surface area contributed by atoms with Crippen LogP contribution in [-0.4, -0.2) is 5.78 Å². The molecule has 1 rings (SSSR count). The SMILES string of the molecule is C=C/C(C(=O)CC)=C(\C)c1ccc(C#CC)cc1. The molecule has 1 heteroatoms. The molecule has 0 amide bonds. The summed E-state index contributed by atoms with van der Waals surface area (Å²) in [5.74, 6) is 5.98. The van der Waals surface area contributed by atoms with E-state index in [0.717, 1.165) is 16.7 Å². The molecule has 0 spiro atoms. The molecule has 0 radical (unpaired) electrons. The van der Waals surface area contributed by atoms with Crippen LogP contribution in [0.2, 0.25) is 0 Å². The fourth-order valence-electron chi connectivity index (χ4n) is 1.77. The van der Waals surface area contributed by atoms with Crippen LogP contribution in [0.15, 0.2) is 42.5 Å². The largest absolute Gasteiger partial charge is 0.294 e. The van der Waals surface area contributed by atoms with Gasteiger partial charge in [-0.25, -0.2) is 0 Å². The van der Waals surface area contributed by atoms with E-state index in [0.29, 0.717) is 12.0 Å². The molecule has 1 aromatic carbocycles. The normalized spacial score (nSPS) is 11.1. The Morgan fingerprint density at radius 2 is 1.94 bits per heavy atom. The molecule has 0 aliphatic carbocycles. The summed E-state index contributed by atoms with van der Waals surface area (Å²) < 4.78 is 0. The van der Waals surface area contributed by atoms with E-state index in [4.69, 9.17) is 0 Å². The molecule has 0 fully saturated rings. The van der Waals surface area contributed by atoms with Gasteiger partial charge in [-0.3, -0.25) is 4.79 Å². The molecule has 92 valence electrons. The second-order valence-electron chi connectivity index (χ2n) is 3.97. The van der Waals surface area contributed by atoms with Crippen molar-refractivity contribution in [2.45, 2.75) is 27.2 Å². The van der Waals surface area contributed by atoms with Crippen LogP contribution in [0.25, 0.3) is 5.57 Å². The lowest BCUT2D eigenvalue weighted by Gasteiger charge is -2.07. The molecule has 0 aliphatic rings. The second-order valence-corrected chi connectivity index (χ2v) is 3.97. The minimum absolute atomic E-state index is 0.125. The molecule has 1 aromatic rings. The van der Waals surface area contributed by atoms with Crippen molar-refractivity contribution in [3.63, 3.8) is 0 Å². The molecule has 0 saturated heterocycles. The highest BCUT2D eigenvalue weighted by Crippen LogP contribution is 2.20. The van der Waals surface area contributed by atoms with E-state index < -0.39 is 0 Å². The van der Waals surface area contributed by atoms with Crippen molar-refractivity contribution < 1.29 is 4.79 Å². The van der Waals surface area contributed by atoms with Crippen molar-refractivity contribution in [1.82, 2.24) is 0 Å². The number of carbonyl (C=O) groups excluding carboxylic acids is 1. The summed E-state index contributed by atoms with van der Waals surface area (Å²) >= 11 is 0. The van der Waals surface area contributed by atoms with E-state index in [9.17, 15) is 4.79 Å². The highest BCUT2D eigenvalue weighted by molar-refractivity contribution is 6.04. The summed E-state index contributed by atoms with van der Waals surface area (Å²) in [7, 11) is 0. The fourth-order valence-corrected chi connectivity index (χ4v) is 1.77. The predicted octanol–water partition coefficient (Wildman–Crippen LogP) is 4.00. The average Bonchev–Trinajstić information content (AvgIpc) is 2.40. The van der Waals surface area contributed by atoms with Crippen LogP contribution in [-0.2, 0) is 4.79 Å². The monoisotopic (exact) mass is 238 g/mol. The first-order valence-corrected chi connectivity index (χ1v) is 6.03. The van der Waals surface area contributed by atoms with E-state index in [1.807, 2.05) is 45.0 Å². The first kappa shape index (κ1) is 14.0. The van der Waals surface area contributed by atoms with Gasteiger partial charge in [0.2, 0.25) is 0 Å². The molecule has 0 unspecified atom stereocenters. The van der Waals surface area contributed by atoms with Gasteiger partial charge in [-0.05, 0) is 37.1 Å². The minimum Gasteiger partial charge on any atom is -0.294 e. The number of Topliss-reactive ketones (excluding diaryl/α,β-unsaturated/α-hetero) is 1. The van der Waals surface area contributed by atoms with E-state index in [1.54, 1.807) is 6.08 Å². The van der Waals surface area contributed by atoms with Gasteiger partial charge in [0.15, 0.2) is 5.78 Å². The summed E-state index contributed by atoms with van der Waals surface area (Å²) in [6.45, 7) is 9.35. The molecule has 0 saturated carbocycles. The van der Waals surface area contributed by atoms with Crippen molar-refractivity contribution in [2.24, 2.45) is 0 Å². The second kappa shape index (κ2) is 6.61. The Labute approximate surface area is 109 Å². The number of ketones is 1. The maximum absolute atomic E-state index is 11.8. The number of hydrogen-bond donors (Lipinski definition) is 0. The van der Waals surface area contributed by atoms with Crippen LogP contribution in [0, 0.1) is 11.8 Å². The Balaban J connectivity index is 3.18. The number of hydrogen-bond acceptors (Lipinski definition) is 1. The maximum atomic E-state index is 11.8. The lowest BCUT2D eigenvalue weighted by Crippen LogP contribution is -2.00. The third-order valence-corrected chi connectivity index (χ3v) is 2.82. The van der Waals surface area contributed by atoms with Crippen LogP contribution in [0.4, 0.5) is 0 Å². The molecule has 0 aromatic heterocycles. The smallest absolute Gasteiger partial charge is 0.162 e. The van der Waals surface area contributed by atoms with Gasteiger partial charge in [-0.15, -0.1) is 5.92 Å². The summed E-state index contributed by atoms with van der Waals surface area (Å²) in [5, 5.41) is 0. The maximum Gasteiger partial charge on any atom is 0.162 e. The summed E-state index contributed by atoms with van der Waals surface area (Å²) in [6.07, 6.45) is 2.14. The number of allylic oxidation sites excluding steroid dienone is 3. The molecule has 18 heavy (non-hydrogen) atoms. The average molecular weight is 238 g/mol. The van der Waals surface area contributed by atoms with Crippen LogP contribution in [0.1, 0.15) is 38.3 Å². The Kier molecular flexibility index (Phi) is 5.14. The van der Waals surface area contributed by atoms with E-state index in [1.165, 1.54) is 0 Å². The minimum atomic E-state index is 0.125. The van der Waals surface area contributed by atoms with E-state index in [2.05, 4.69) is 18.4 Å². The van der Waals surface area contributed by atoms with Gasteiger partial charge >= 0.3 is 0 Å². The molecule has 0 heterocycles. The van der Waals surface area contributed by atoms with Gasteiger partial charge in [0.25, 0.3) is 0 Å². The number of carbonyl (C=O) groups is 1. The molecular weight excluding hydrogens is 220 g/mol. The number of benzene rings is 1. The van der Waals surface area contributed by atoms with Crippen LogP contribution in [0.3, 0.4) is 0 Å². The van der Waals surface area contributed by atoms with Crippen molar-refractivity contribution >= 4 is 11.4 Å².